The molecule has 0 bridgehead atoms. The molecule has 0 heterocycles. The molecule has 6 heteroatoms. The first-order chi connectivity index (χ1) is 13.6. The summed E-state index contributed by atoms with van der Waals surface area (Å²) in [6.45, 7) is 4.07. The number of hydrogen-bond acceptors (Lipinski definition) is 5. The maximum atomic E-state index is 12.2. The highest BCUT2D eigenvalue weighted by molar-refractivity contribution is 5.95. The van der Waals surface area contributed by atoms with E-state index in [0.717, 1.165) is 22.0 Å². The van der Waals surface area contributed by atoms with E-state index in [1.807, 2.05) is 48.5 Å². The van der Waals surface area contributed by atoms with E-state index in [-0.39, 0.29) is 12.5 Å². The first-order valence-electron chi connectivity index (χ1n) is 8.80. The number of anilines is 1. The molecule has 1 amide bonds. The highest BCUT2D eigenvalue weighted by Gasteiger charge is 2.10. The minimum atomic E-state index is -0.221. The maximum absolute atomic E-state index is 12.2. The molecule has 0 saturated heterocycles. The van der Waals surface area contributed by atoms with Crippen molar-refractivity contribution in [3.8, 4) is 11.5 Å². The van der Waals surface area contributed by atoms with E-state index in [1.54, 1.807) is 26.4 Å². The molecule has 0 atom stereocenters. The second-order valence-corrected chi connectivity index (χ2v) is 6.10. The van der Waals surface area contributed by atoms with Gasteiger partial charge in [-0.1, -0.05) is 43.0 Å². The van der Waals surface area contributed by atoms with Crippen molar-refractivity contribution in [2.75, 3.05) is 26.1 Å². The average molecular weight is 377 g/mol. The van der Waals surface area contributed by atoms with E-state index in [9.17, 15) is 4.79 Å². The molecule has 0 saturated carbocycles. The predicted octanol–water partition coefficient (Wildman–Crippen LogP) is 3.56. The lowest BCUT2D eigenvalue weighted by Crippen LogP contribution is -2.39. The van der Waals surface area contributed by atoms with E-state index >= 15 is 0 Å². The van der Waals surface area contributed by atoms with Crippen LogP contribution in [0.2, 0.25) is 0 Å². The Bertz CT molecular complexity index is 996. The van der Waals surface area contributed by atoms with Gasteiger partial charge in [0, 0.05) is 22.7 Å². The minimum Gasteiger partial charge on any atom is -0.497 e. The van der Waals surface area contributed by atoms with Crippen molar-refractivity contribution in [2.45, 2.75) is 0 Å². The molecule has 3 rings (SSSR count). The number of carbonyl (C=O) groups is 1. The molecule has 0 fully saturated rings. The monoisotopic (exact) mass is 377 g/mol. The van der Waals surface area contributed by atoms with Crippen LogP contribution in [0.4, 0.5) is 5.69 Å². The number of ether oxygens (including phenoxy) is 2. The molecule has 28 heavy (non-hydrogen) atoms. The third-order valence-corrected chi connectivity index (χ3v) is 4.32. The van der Waals surface area contributed by atoms with Crippen molar-refractivity contribution in [3.05, 3.63) is 72.8 Å². The number of benzene rings is 3. The van der Waals surface area contributed by atoms with Gasteiger partial charge in [0.05, 0.1) is 26.5 Å². The minimum absolute atomic E-state index is 0.119. The van der Waals surface area contributed by atoms with E-state index in [0.29, 0.717) is 17.2 Å². The Morgan fingerprint density at radius 2 is 1.75 bits per heavy atom. The first kappa shape index (κ1) is 19.1. The Kier molecular flexibility index (Phi) is 6.01. The van der Waals surface area contributed by atoms with Gasteiger partial charge in [-0.25, -0.2) is 0 Å². The molecular formula is C22H23N3O3. The third kappa shape index (κ3) is 4.35. The molecule has 0 spiro atoms. The van der Waals surface area contributed by atoms with Gasteiger partial charge in [-0.05, 0) is 23.6 Å². The number of carbonyl (C=O) groups excluding carboxylic acids is 1. The molecular weight excluding hydrogens is 354 g/mol. The van der Waals surface area contributed by atoms with Crippen molar-refractivity contribution >= 4 is 28.1 Å². The highest BCUT2D eigenvalue weighted by atomic mass is 16.5. The number of amides is 1. The fourth-order valence-corrected chi connectivity index (χ4v) is 2.86. The fourth-order valence-electron chi connectivity index (χ4n) is 2.86. The van der Waals surface area contributed by atoms with E-state index < -0.39 is 0 Å². The van der Waals surface area contributed by atoms with Gasteiger partial charge in [-0.3, -0.25) is 15.6 Å². The van der Waals surface area contributed by atoms with Crippen LogP contribution in [-0.2, 0) is 4.79 Å². The predicted molar refractivity (Wildman–Crippen MR) is 112 cm³/mol. The number of hydrazine groups is 1. The van der Waals surface area contributed by atoms with Crippen LogP contribution >= 0.6 is 0 Å². The lowest BCUT2D eigenvalue weighted by Gasteiger charge is -2.15. The largest absolute Gasteiger partial charge is 0.497 e. The standard InChI is InChI=1S/C22H23N3O3/c1-15(18-12-11-17(27-2)13-21(18)28-3)24-25-22(26)14-23-20-10-6-8-16-7-4-5-9-19(16)20/h4-13,23-24H,1,14H2,2-3H3,(H,25,26). The van der Waals surface area contributed by atoms with E-state index in [4.69, 9.17) is 9.47 Å². The molecule has 6 nitrogen and oxygen atoms in total. The van der Waals surface area contributed by atoms with Crippen LogP contribution in [0.1, 0.15) is 5.56 Å². The smallest absolute Gasteiger partial charge is 0.257 e. The quantitative estimate of drug-likeness (QED) is 0.524. The summed E-state index contributed by atoms with van der Waals surface area (Å²) in [6.07, 6.45) is 0. The van der Waals surface area contributed by atoms with E-state index in [1.165, 1.54) is 0 Å². The molecule has 3 N–H and O–H groups in total. The number of nitrogens with one attached hydrogen (secondary N) is 3. The normalized spacial score (nSPS) is 10.2. The van der Waals surface area contributed by atoms with Crippen LogP contribution < -0.4 is 25.6 Å². The second-order valence-electron chi connectivity index (χ2n) is 6.10. The van der Waals surface area contributed by atoms with Gasteiger partial charge in [0.1, 0.15) is 11.5 Å². The second kappa shape index (κ2) is 8.81. The molecule has 0 aliphatic heterocycles. The lowest BCUT2D eigenvalue weighted by molar-refractivity contribution is -0.120. The molecule has 0 radical (unpaired) electrons. The molecule has 0 aliphatic carbocycles. The summed E-state index contributed by atoms with van der Waals surface area (Å²) in [5, 5.41) is 5.35. The Hall–Kier alpha value is -3.67. The van der Waals surface area contributed by atoms with Crippen LogP contribution in [0.5, 0.6) is 11.5 Å². The zero-order valence-electron chi connectivity index (χ0n) is 15.9. The SMILES string of the molecule is C=C(NNC(=O)CNc1cccc2ccccc12)c1ccc(OC)cc1OC. The zero-order chi connectivity index (χ0) is 19.9. The van der Waals surface area contributed by atoms with Crippen molar-refractivity contribution in [3.63, 3.8) is 0 Å². The van der Waals surface area contributed by atoms with Gasteiger partial charge in [0.25, 0.3) is 5.91 Å². The van der Waals surface area contributed by atoms with Crippen molar-refractivity contribution in [1.82, 2.24) is 10.9 Å². The number of hydrogen-bond donors (Lipinski definition) is 3. The Morgan fingerprint density at radius 1 is 0.964 bits per heavy atom. The summed E-state index contributed by atoms with van der Waals surface area (Å²) in [6, 6.07) is 19.3. The van der Waals surface area contributed by atoms with Crippen LogP contribution in [0.25, 0.3) is 16.5 Å². The average Bonchev–Trinajstić information content (AvgIpc) is 2.75. The van der Waals surface area contributed by atoms with Crippen LogP contribution in [-0.4, -0.2) is 26.7 Å². The van der Waals surface area contributed by atoms with Crippen LogP contribution in [0.15, 0.2) is 67.2 Å². The van der Waals surface area contributed by atoms with Crippen LogP contribution in [0, 0.1) is 0 Å². The summed E-state index contributed by atoms with van der Waals surface area (Å²) in [5.74, 6) is 1.05. The maximum Gasteiger partial charge on any atom is 0.257 e. The summed E-state index contributed by atoms with van der Waals surface area (Å²) in [5.41, 5.74) is 7.62. The molecule has 0 aromatic heterocycles. The summed E-state index contributed by atoms with van der Waals surface area (Å²) in [4.78, 5) is 12.2. The van der Waals surface area contributed by atoms with Gasteiger partial charge < -0.3 is 14.8 Å². The molecule has 3 aromatic rings. The Labute approximate surface area is 164 Å². The van der Waals surface area contributed by atoms with Gasteiger partial charge in [-0.2, -0.15) is 0 Å². The fraction of sp³-hybridized carbons (Fsp3) is 0.136. The van der Waals surface area contributed by atoms with Gasteiger partial charge >= 0.3 is 0 Å². The highest BCUT2D eigenvalue weighted by Crippen LogP contribution is 2.28. The Balaban J connectivity index is 1.58. The number of fused-ring (bicyclic) bond motifs is 1. The number of rotatable bonds is 8. The Morgan fingerprint density at radius 3 is 2.54 bits per heavy atom. The van der Waals surface area contributed by atoms with E-state index in [2.05, 4.69) is 22.7 Å². The molecule has 3 aromatic carbocycles. The molecule has 144 valence electrons. The van der Waals surface area contributed by atoms with Crippen molar-refractivity contribution in [2.24, 2.45) is 0 Å². The first-order valence-corrected chi connectivity index (χ1v) is 8.80. The van der Waals surface area contributed by atoms with Crippen molar-refractivity contribution < 1.29 is 14.3 Å². The summed E-state index contributed by atoms with van der Waals surface area (Å²) >= 11 is 0. The van der Waals surface area contributed by atoms with Gasteiger partial charge in [-0.15, -0.1) is 0 Å². The van der Waals surface area contributed by atoms with Gasteiger partial charge in [0.15, 0.2) is 0 Å². The summed E-state index contributed by atoms with van der Waals surface area (Å²) in [7, 11) is 3.16. The lowest BCUT2D eigenvalue weighted by atomic mass is 10.1. The molecule has 0 aliphatic rings. The van der Waals surface area contributed by atoms with Gasteiger partial charge in [0.2, 0.25) is 0 Å². The number of methoxy groups -OCH3 is 2. The molecule has 0 unspecified atom stereocenters. The van der Waals surface area contributed by atoms with Crippen LogP contribution in [0.3, 0.4) is 0 Å². The third-order valence-electron chi connectivity index (χ3n) is 4.32. The zero-order valence-corrected chi connectivity index (χ0v) is 15.9. The van der Waals surface area contributed by atoms with Crippen molar-refractivity contribution in [1.29, 1.82) is 0 Å². The summed E-state index contributed by atoms with van der Waals surface area (Å²) < 4.78 is 10.5. The topological polar surface area (TPSA) is 71.6 Å².